The molecule has 0 spiro atoms. The maximum atomic E-state index is 12.1. The van der Waals surface area contributed by atoms with Gasteiger partial charge in [-0.15, -0.1) is 0 Å². The zero-order valence-electron chi connectivity index (χ0n) is 17.9. The predicted molar refractivity (Wildman–Crippen MR) is 112 cm³/mol. The van der Waals surface area contributed by atoms with Gasteiger partial charge in [0.2, 0.25) is 0 Å². The van der Waals surface area contributed by atoms with Gasteiger partial charge in [0, 0.05) is 6.61 Å². The number of hydrogen-bond donors (Lipinski definition) is 5. The largest absolute Gasteiger partial charge is 0.447 e. The van der Waals surface area contributed by atoms with Gasteiger partial charge in [-0.05, 0) is 25.7 Å². The van der Waals surface area contributed by atoms with Crippen LogP contribution in [0.1, 0.15) is 31.9 Å². The van der Waals surface area contributed by atoms with E-state index in [1.807, 2.05) is 0 Å². The molecule has 1 saturated carbocycles. The standard InChI is InChI=1S/C20H28N6O7/c27-12-3-1-2-11(12)25-20(30)32-7-13-15(28)16(29)19(33-13)26-9-23-14-17(21-8-22-18(14)26)24-10-4-5-31-6-10/h8-13,15-16,19,27-29H,1-7H2,(H,25,30)(H,21,22,24)/t10-,11+,12+,13?,15-,16-,19?/m1/s1. The van der Waals surface area contributed by atoms with Crippen LogP contribution < -0.4 is 10.6 Å². The van der Waals surface area contributed by atoms with Gasteiger partial charge in [-0.1, -0.05) is 0 Å². The summed E-state index contributed by atoms with van der Waals surface area (Å²) in [7, 11) is 0. The fraction of sp³-hybridized carbons (Fsp3) is 0.700. The van der Waals surface area contributed by atoms with Crippen molar-refractivity contribution in [2.24, 2.45) is 0 Å². The van der Waals surface area contributed by atoms with Gasteiger partial charge < -0.3 is 40.2 Å². The average molecular weight is 464 g/mol. The Morgan fingerprint density at radius 2 is 2.06 bits per heavy atom. The van der Waals surface area contributed by atoms with E-state index in [0.29, 0.717) is 43.0 Å². The smallest absolute Gasteiger partial charge is 0.407 e. The molecule has 7 atom stereocenters. The second kappa shape index (κ2) is 9.35. The summed E-state index contributed by atoms with van der Waals surface area (Å²) in [6.07, 6.45) is 0.0709. The highest BCUT2D eigenvalue weighted by Gasteiger charge is 2.45. The topological polar surface area (TPSA) is 173 Å². The van der Waals surface area contributed by atoms with Crippen LogP contribution in [0.3, 0.4) is 0 Å². The second-order valence-electron chi connectivity index (χ2n) is 8.65. The first-order chi connectivity index (χ1) is 16.0. The Balaban J connectivity index is 1.24. The summed E-state index contributed by atoms with van der Waals surface area (Å²) in [5.74, 6) is 0.549. The second-order valence-corrected chi connectivity index (χ2v) is 8.65. The minimum Gasteiger partial charge on any atom is -0.447 e. The van der Waals surface area contributed by atoms with E-state index in [1.165, 1.54) is 17.2 Å². The van der Waals surface area contributed by atoms with Crippen LogP contribution in [0.15, 0.2) is 12.7 Å². The van der Waals surface area contributed by atoms with Gasteiger partial charge in [0.05, 0.1) is 31.1 Å². The monoisotopic (exact) mass is 464 g/mol. The Bertz CT molecular complexity index is 983. The number of nitrogens with zero attached hydrogens (tertiary/aromatic N) is 4. The van der Waals surface area contributed by atoms with Crippen molar-refractivity contribution in [3.05, 3.63) is 12.7 Å². The fourth-order valence-corrected chi connectivity index (χ4v) is 4.54. The van der Waals surface area contributed by atoms with E-state index < -0.39 is 36.7 Å². The lowest BCUT2D eigenvalue weighted by Gasteiger charge is -2.18. The van der Waals surface area contributed by atoms with E-state index in [-0.39, 0.29) is 18.7 Å². The van der Waals surface area contributed by atoms with Crippen LogP contribution >= 0.6 is 0 Å². The number of alkyl carbamates (subject to hydrolysis) is 1. The van der Waals surface area contributed by atoms with E-state index in [2.05, 4.69) is 25.6 Å². The number of aromatic nitrogens is 4. The molecule has 180 valence electrons. The van der Waals surface area contributed by atoms with Gasteiger partial charge >= 0.3 is 6.09 Å². The maximum Gasteiger partial charge on any atom is 0.407 e. The van der Waals surface area contributed by atoms with Crippen molar-refractivity contribution in [2.75, 3.05) is 25.1 Å². The van der Waals surface area contributed by atoms with E-state index in [1.54, 1.807) is 0 Å². The van der Waals surface area contributed by atoms with Crippen molar-refractivity contribution < 1.29 is 34.3 Å². The number of aliphatic hydroxyl groups excluding tert-OH is 3. The number of ether oxygens (including phenoxy) is 3. The molecule has 2 aromatic rings. The van der Waals surface area contributed by atoms with Gasteiger partial charge in [-0.25, -0.2) is 19.7 Å². The third-order valence-corrected chi connectivity index (χ3v) is 6.40. The number of aliphatic hydroxyl groups is 3. The number of nitrogens with one attached hydrogen (secondary N) is 2. The lowest BCUT2D eigenvalue weighted by Crippen LogP contribution is -2.42. The molecule has 2 saturated heterocycles. The number of carbonyl (C=O) groups is 1. The maximum absolute atomic E-state index is 12.1. The molecule has 0 radical (unpaired) electrons. The van der Waals surface area contributed by atoms with E-state index in [0.717, 1.165) is 12.8 Å². The summed E-state index contributed by atoms with van der Waals surface area (Å²) < 4.78 is 17.9. The first-order valence-electron chi connectivity index (χ1n) is 11.2. The Morgan fingerprint density at radius 3 is 2.82 bits per heavy atom. The molecule has 5 rings (SSSR count). The van der Waals surface area contributed by atoms with Crippen molar-refractivity contribution in [1.82, 2.24) is 24.8 Å². The van der Waals surface area contributed by atoms with Crippen molar-refractivity contribution in [2.45, 2.75) is 68.4 Å². The molecule has 2 aromatic heterocycles. The number of anilines is 1. The number of hydrogen-bond acceptors (Lipinski definition) is 11. The third-order valence-electron chi connectivity index (χ3n) is 6.40. The molecule has 3 fully saturated rings. The molecule has 13 heteroatoms. The highest BCUT2D eigenvalue weighted by molar-refractivity contribution is 5.82. The van der Waals surface area contributed by atoms with Crippen LogP contribution in [0.2, 0.25) is 0 Å². The van der Waals surface area contributed by atoms with Crippen LogP contribution in [0, 0.1) is 0 Å². The molecule has 0 bridgehead atoms. The normalized spacial score (nSPS) is 34.1. The summed E-state index contributed by atoms with van der Waals surface area (Å²) >= 11 is 0. The Kier molecular flexibility index (Phi) is 6.29. The molecular weight excluding hydrogens is 436 g/mol. The number of fused-ring (bicyclic) bond motifs is 1. The van der Waals surface area contributed by atoms with Gasteiger partial charge in [0.25, 0.3) is 0 Å². The lowest BCUT2D eigenvalue weighted by atomic mass is 10.1. The van der Waals surface area contributed by atoms with Crippen LogP contribution in [-0.2, 0) is 14.2 Å². The Morgan fingerprint density at radius 1 is 1.18 bits per heavy atom. The van der Waals surface area contributed by atoms with Gasteiger partial charge in [-0.3, -0.25) is 4.57 Å². The van der Waals surface area contributed by atoms with E-state index in [9.17, 15) is 20.1 Å². The summed E-state index contributed by atoms with van der Waals surface area (Å²) in [6.45, 7) is 1.00. The van der Waals surface area contributed by atoms with Gasteiger partial charge in [-0.2, -0.15) is 0 Å². The SMILES string of the molecule is O=C(N[C@H]1CCC[C@@H]1O)OCC1OC(n2cnc3c(N[C@@H]4CCOC4)ncnc32)[C@H](O)[C@@H]1O. The quantitative estimate of drug-likeness (QED) is 0.365. The van der Waals surface area contributed by atoms with Crippen LogP contribution in [-0.4, -0.2) is 97.3 Å². The molecule has 1 amide bonds. The minimum absolute atomic E-state index is 0.126. The predicted octanol–water partition coefficient (Wildman–Crippen LogP) is -0.714. The highest BCUT2D eigenvalue weighted by Crippen LogP contribution is 2.32. The molecule has 4 heterocycles. The van der Waals surface area contributed by atoms with Crippen LogP contribution in [0.25, 0.3) is 11.2 Å². The third kappa shape index (κ3) is 4.46. The molecule has 5 N–H and O–H groups in total. The lowest BCUT2D eigenvalue weighted by molar-refractivity contribution is -0.0537. The molecule has 3 aliphatic rings. The van der Waals surface area contributed by atoms with Crippen molar-refractivity contribution in [3.63, 3.8) is 0 Å². The summed E-state index contributed by atoms with van der Waals surface area (Å²) in [4.78, 5) is 25.0. The number of amides is 1. The van der Waals surface area contributed by atoms with Crippen molar-refractivity contribution >= 4 is 23.1 Å². The van der Waals surface area contributed by atoms with Gasteiger partial charge in [0.1, 0.15) is 31.2 Å². The zero-order chi connectivity index (χ0) is 22.9. The molecule has 13 nitrogen and oxygen atoms in total. The number of imidazole rings is 1. The van der Waals surface area contributed by atoms with Crippen molar-refractivity contribution in [1.29, 1.82) is 0 Å². The minimum atomic E-state index is -1.29. The Hall–Kier alpha value is -2.58. The molecule has 33 heavy (non-hydrogen) atoms. The molecule has 1 aliphatic carbocycles. The summed E-state index contributed by atoms with van der Waals surface area (Å²) in [5.41, 5.74) is 0.932. The molecular formula is C20H28N6O7. The van der Waals surface area contributed by atoms with Crippen LogP contribution in [0.4, 0.5) is 10.6 Å². The van der Waals surface area contributed by atoms with Crippen molar-refractivity contribution in [3.8, 4) is 0 Å². The summed E-state index contributed by atoms with van der Waals surface area (Å²) in [5, 5.41) is 36.8. The van der Waals surface area contributed by atoms with Gasteiger partial charge in [0.15, 0.2) is 23.2 Å². The number of rotatable bonds is 6. The first-order valence-corrected chi connectivity index (χ1v) is 11.2. The average Bonchev–Trinajstić information content (AvgIpc) is 3.59. The summed E-state index contributed by atoms with van der Waals surface area (Å²) in [6, 6.07) is -0.220. The number of carbonyl (C=O) groups excluding carboxylic acids is 1. The molecule has 2 unspecified atom stereocenters. The highest BCUT2D eigenvalue weighted by atomic mass is 16.6. The van der Waals surface area contributed by atoms with E-state index >= 15 is 0 Å². The van der Waals surface area contributed by atoms with Crippen LogP contribution in [0.5, 0.6) is 0 Å². The Labute approximate surface area is 189 Å². The van der Waals surface area contributed by atoms with E-state index in [4.69, 9.17) is 14.2 Å². The molecule has 2 aliphatic heterocycles. The first kappa shape index (κ1) is 22.2. The fourth-order valence-electron chi connectivity index (χ4n) is 4.54. The molecule has 0 aromatic carbocycles. The zero-order valence-corrected chi connectivity index (χ0v) is 17.9.